The molecule has 0 saturated carbocycles. The smallest absolute Gasteiger partial charge is 0.408 e. The van der Waals surface area contributed by atoms with Crippen LogP contribution in [0.15, 0.2) is 42.5 Å². The molecule has 2 amide bonds. The van der Waals surface area contributed by atoms with E-state index in [4.69, 9.17) is 0 Å². The molecule has 0 radical (unpaired) electrons. The molecule has 174 valence electrons. The first-order valence-electron chi connectivity index (χ1n) is 10.8. The highest BCUT2D eigenvalue weighted by Gasteiger charge is 2.38. The topological polar surface area (TPSA) is 64.1 Å². The van der Waals surface area contributed by atoms with Crippen LogP contribution in [0.4, 0.5) is 10.5 Å². The van der Waals surface area contributed by atoms with Gasteiger partial charge >= 0.3 is 6.09 Å². The summed E-state index contributed by atoms with van der Waals surface area (Å²) >= 11 is 0. The number of carboxylic acid groups (broad SMARTS) is 1. The van der Waals surface area contributed by atoms with Crippen LogP contribution in [0.25, 0.3) is 11.1 Å². The second-order valence-corrected chi connectivity index (χ2v) is 8.98. The predicted molar refractivity (Wildman–Crippen MR) is 131 cm³/mol. The molecule has 0 aliphatic carbocycles. The second-order valence-electron chi connectivity index (χ2n) is 8.98. The highest BCUT2D eigenvalue weighted by Crippen LogP contribution is 2.43. The van der Waals surface area contributed by atoms with E-state index < -0.39 is 6.09 Å². The maximum absolute atomic E-state index is 12.4. The Morgan fingerprint density at radius 1 is 1.09 bits per heavy atom. The molecule has 1 aliphatic rings. The van der Waals surface area contributed by atoms with Crippen molar-refractivity contribution in [3.8, 4) is 11.1 Å². The van der Waals surface area contributed by atoms with Crippen molar-refractivity contribution in [2.24, 2.45) is 0 Å². The molecule has 0 spiro atoms. The lowest BCUT2D eigenvalue weighted by atomic mass is 9.87. The molecule has 0 fully saturated rings. The summed E-state index contributed by atoms with van der Waals surface area (Å²) in [5, 5.41) is 9.91. The Balaban J connectivity index is 0.00000363. The molecular formula is C25H34ClN3O3. The molecule has 2 aromatic carbocycles. The Kier molecular flexibility index (Phi) is 8.32. The first kappa shape index (κ1) is 25.7. The number of fused-ring (bicyclic) bond motifs is 1. The molecule has 1 aliphatic heterocycles. The SMILES string of the molecule is CC(=O)N1c2ccc(-c3ccc(CN(C)C)cc3)cc2[C@H](N(C(=O)O)C(C)C)C[C@@H]1C.Cl. The van der Waals surface area contributed by atoms with E-state index in [1.54, 1.807) is 11.8 Å². The number of rotatable bonds is 5. The molecule has 0 bridgehead atoms. The van der Waals surface area contributed by atoms with Gasteiger partial charge in [0.15, 0.2) is 0 Å². The summed E-state index contributed by atoms with van der Waals surface area (Å²) in [7, 11) is 4.09. The minimum Gasteiger partial charge on any atom is -0.465 e. The lowest BCUT2D eigenvalue weighted by molar-refractivity contribution is -0.117. The van der Waals surface area contributed by atoms with Gasteiger partial charge in [-0.05, 0) is 75.7 Å². The van der Waals surface area contributed by atoms with Gasteiger partial charge in [0.2, 0.25) is 5.91 Å². The van der Waals surface area contributed by atoms with Gasteiger partial charge in [-0.3, -0.25) is 9.69 Å². The fourth-order valence-electron chi connectivity index (χ4n) is 4.64. The summed E-state index contributed by atoms with van der Waals surface area (Å²) in [6.45, 7) is 8.21. The van der Waals surface area contributed by atoms with Crippen LogP contribution in [0.3, 0.4) is 0 Å². The van der Waals surface area contributed by atoms with Crippen molar-refractivity contribution in [2.45, 2.75) is 58.8 Å². The molecule has 6 nitrogen and oxygen atoms in total. The molecule has 0 saturated heterocycles. The zero-order valence-electron chi connectivity index (χ0n) is 19.7. The number of amides is 2. The van der Waals surface area contributed by atoms with E-state index in [9.17, 15) is 14.7 Å². The largest absolute Gasteiger partial charge is 0.465 e. The number of halogens is 1. The Morgan fingerprint density at radius 3 is 2.19 bits per heavy atom. The Bertz CT molecular complexity index is 959. The van der Waals surface area contributed by atoms with Crippen molar-refractivity contribution in [1.82, 2.24) is 9.80 Å². The van der Waals surface area contributed by atoms with E-state index in [0.717, 1.165) is 28.9 Å². The molecule has 2 aromatic rings. The van der Waals surface area contributed by atoms with E-state index in [0.29, 0.717) is 6.42 Å². The van der Waals surface area contributed by atoms with E-state index in [1.807, 2.05) is 47.0 Å². The van der Waals surface area contributed by atoms with Gasteiger partial charge in [0, 0.05) is 31.2 Å². The average molecular weight is 460 g/mol. The zero-order chi connectivity index (χ0) is 22.9. The Morgan fingerprint density at radius 2 is 1.69 bits per heavy atom. The molecule has 2 atom stereocenters. The van der Waals surface area contributed by atoms with Gasteiger partial charge in [0.25, 0.3) is 0 Å². The van der Waals surface area contributed by atoms with Crippen molar-refractivity contribution in [3.63, 3.8) is 0 Å². The maximum atomic E-state index is 12.4. The summed E-state index contributed by atoms with van der Waals surface area (Å²) in [5.74, 6) is -0.0283. The zero-order valence-corrected chi connectivity index (χ0v) is 20.5. The number of anilines is 1. The van der Waals surface area contributed by atoms with Gasteiger partial charge in [-0.25, -0.2) is 4.79 Å². The number of hydrogen-bond donors (Lipinski definition) is 1. The number of carbonyl (C=O) groups is 2. The molecule has 32 heavy (non-hydrogen) atoms. The van der Waals surface area contributed by atoms with Crippen LogP contribution in [0, 0.1) is 0 Å². The predicted octanol–water partition coefficient (Wildman–Crippen LogP) is 5.41. The molecule has 0 unspecified atom stereocenters. The number of carbonyl (C=O) groups excluding carboxylic acids is 1. The van der Waals surface area contributed by atoms with Crippen molar-refractivity contribution in [1.29, 1.82) is 0 Å². The number of nitrogens with zero attached hydrogens (tertiary/aromatic N) is 3. The Labute approximate surface area is 197 Å². The van der Waals surface area contributed by atoms with Gasteiger partial charge < -0.3 is 14.9 Å². The average Bonchev–Trinajstić information content (AvgIpc) is 2.67. The lowest BCUT2D eigenvalue weighted by Crippen LogP contribution is -2.48. The van der Waals surface area contributed by atoms with E-state index in [-0.39, 0.29) is 36.4 Å². The van der Waals surface area contributed by atoms with E-state index in [1.165, 1.54) is 10.5 Å². The first-order valence-corrected chi connectivity index (χ1v) is 10.8. The molecule has 0 aromatic heterocycles. The standard InChI is InChI=1S/C25H33N3O3.ClH/c1-16(2)27(25(30)31)24-13-17(3)28(18(4)29)23-12-11-21(14-22(23)24)20-9-7-19(8-10-20)15-26(5)6;/h7-12,14,16-17,24H,13,15H2,1-6H3,(H,30,31);1H/t17-,24+;/m0./s1. The van der Waals surface area contributed by atoms with Crippen molar-refractivity contribution >= 4 is 30.1 Å². The van der Waals surface area contributed by atoms with E-state index in [2.05, 4.69) is 35.2 Å². The third-order valence-electron chi connectivity index (χ3n) is 5.89. The molecule has 3 rings (SSSR count). The van der Waals surface area contributed by atoms with Crippen LogP contribution in [0.5, 0.6) is 0 Å². The van der Waals surface area contributed by atoms with Crippen LogP contribution in [-0.2, 0) is 11.3 Å². The van der Waals surface area contributed by atoms with Crippen molar-refractivity contribution in [2.75, 3.05) is 19.0 Å². The second kappa shape index (κ2) is 10.4. The molecular weight excluding hydrogens is 426 g/mol. The van der Waals surface area contributed by atoms with Gasteiger partial charge in [-0.1, -0.05) is 30.3 Å². The first-order chi connectivity index (χ1) is 14.6. The normalized spacial score (nSPS) is 17.7. The van der Waals surface area contributed by atoms with Crippen molar-refractivity contribution < 1.29 is 14.7 Å². The Hall–Kier alpha value is -2.57. The van der Waals surface area contributed by atoms with Crippen LogP contribution in [0.2, 0.25) is 0 Å². The highest BCUT2D eigenvalue weighted by atomic mass is 35.5. The van der Waals surface area contributed by atoms with Crippen molar-refractivity contribution in [3.05, 3.63) is 53.6 Å². The fraction of sp³-hybridized carbons (Fsp3) is 0.440. The van der Waals surface area contributed by atoms with Crippen LogP contribution in [0.1, 0.15) is 51.3 Å². The summed E-state index contributed by atoms with van der Waals surface area (Å²) in [4.78, 5) is 29.9. The van der Waals surface area contributed by atoms with Gasteiger partial charge in [-0.15, -0.1) is 12.4 Å². The summed E-state index contributed by atoms with van der Waals surface area (Å²) in [5.41, 5.74) is 5.02. The molecule has 7 heteroatoms. The third kappa shape index (κ3) is 5.25. The van der Waals surface area contributed by atoms with E-state index >= 15 is 0 Å². The lowest BCUT2D eigenvalue weighted by Gasteiger charge is -2.43. The molecule has 1 heterocycles. The summed E-state index contributed by atoms with van der Waals surface area (Å²) in [6, 6.07) is 13.9. The summed E-state index contributed by atoms with van der Waals surface area (Å²) in [6.07, 6.45) is -0.365. The number of benzene rings is 2. The van der Waals surface area contributed by atoms with Gasteiger partial charge in [0.05, 0.1) is 6.04 Å². The van der Waals surface area contributed by atoms with Gasteiger partial charge in [-0.2, -0.15) is 0 Å². The highest BCUT2D eigenvalue weighted by molar-refractivity contribution is 5.94. The summed E-state index contributed by atoms with van der Waals surface area (Å²) < 4.78 is 0. The van der Waals surface area contributed by atoms with Gasteiger partial charge in [0.1, 0.15) is 0 Å². The fourth-order valence-corrected chi connectivity index (χ4v) is 4.64. The van der Waals surface area contributed by atoms with Crippen LogP contribution < -0.4 is 4.90 Å². The quantitative estimate of drug-likeness (QED) is 0.649. The third-order valence-corrected chi connectivity index (χ3v) is 5.89. The van der Waals surface area contributed by atoms with Crippen LogP contribution in [-0.4, -0.2) is 53.1 Å². The minimum atomic E-state index is -0.937. The maximum Gasteiger partial charge on any atom is 0.408 e. The van der Waals surface area contributed by atoms with Crippen LogP contribution >= 0.6 is 12.4 Å². The monoisotopic (exact) mass is 459 g/mol. The minimum absolute atomic E-state index is 0. The molecule has 1 N–H and O–H groups in total. The number of hydrogen-bond acceptors (Lipinski definition) is 3.